The van der Waals surface area contributed by atoms with Gasteiger partial charge in [0.15, 0.2) is 0 Å². The highest BCUT2D eigenvalue weighted by Gasteiger charge is 2.22. The maximum Gasteiger partial charge on any atom is 0.131 e. The second-order valence-electron chi connectivity index (χ2n) is 4.77. The summed E-state index contributed by atoms with van der Waals surface area (Å²) in [6, 6.07) is 0.452. The number of hydrogen-bond acceptors (Lipinski definition) is 3. The minimum atomic E-state index is 0.452. The van der Waals surface area contributed by atoms with Crippen LogP contribution in [-0.4, -0.2) is 29.0 Å². The van der Waals surface area contributed by atoms with Crippen molar-refractivity contribution in [1.82, 2.24) is 15.1 Å². The van der Waals surface area contributed by atoms with Crippen molar-refractivity contribution in [3.05, 3.63) is 16.4 Å². The number of aryl methyl sites for hydroxylation is 2. The Bertz CT molecular complexity index is 385. The fourth-order valence-corrected chi connectivity index (χ4v) is 2.49. The van der Waals surface area contributed by atoms with E-state index in [0.717, 1.165) is 42.6 Å². The molecule has 5 heteroatoms. The van der Waals surface area contributed by atoms with E-state index in [4.69, 9.17) is 16.3 Å². The van der Waals surface area contributed by atoms with E-state index >= 15 is 0 Å². The van der Waals surface area contributed by atoms with Gasteiger partial charge in [0.05, 0.1) is 12.3 Å². The molecule has 1 fully saturated rings. The first kappa shape index (κ1) is 12.9. The second kappa shape index (κ2) is 5.38. The molecule has 1 aliphatic rings. The third-order valence-corrected chi connectivity index (χ3v) is 4.02. The molecule has 0 bridgehead atoms. The summed E-state index contributed by atoms with van der Waals surface area (Å²) in [5.74, 6) is 0.616. The molecule has 2 unspecified atom stereocenters. The molecule has 0 aliphatic carbocycles. The fourth-order valence-electron chi connectivity index (χ4n) is 2.25. The lowest BCUT2D eigenvalue weighted by Gasteiger charge is -2.19. The van der Waals surface area contributed by atoms with Gasteiger partial charge in [0.1, 0.15) is 5.15 Å². The van der Waals surface area contributed by atoms with Crippen LogP contribution in [0, 0.1) is 12.8 Å². The zero-order valence-corrected chi connectivity index (χ0v) is 11.4. The van der Waals surface area contributed by atoms with Crippen LogP contribution in [0.15, 0.2) is 0 Å². The molecule has 0 saturated carbocycles. The summed E-state index contributed by atoms with van der Waals surface area (Å²) in [6.45, 7) is 6.73. The van der Waals surface area contributed by atoms with Gasteiger partial charge in [-0.05, 0) is 26.2 Å². The second-order valence-corrected chi connectivity index (χ2v) is 5.13. The molecule has 0 aromatic carbocycles. The van der Waals surface area contributed by atoms with Crippen molar-refractivity contribution in [2.24, 2.45) is 13.0 Å². The lowest BCUT2D eigenvalue weighted by Crippen LogP contribution is -2.33. The molecule has 2 heterocycles. The van der Waals surface area contributed by atoms with E-state index in [0.29, 0.717) is 12.0 Å². The average Bonchev–Trinajstić information content (AvgIpc) is 2.88. The minimum absolute atomic E-state index is 0.452. The highest BCUT2D eigenvalue weighted by Crippen LogP contribution is 2.20. The summed E-state index contributed by atoms with van der Waals surface area (Å²) in [6.07, 6.45) is 1.15. The highest BCUT2D eigenvalue weighted by atomic mass is 35.5. The van der Waals surface area contributed by atoms with Gasteiger partial charge in [0, 0.05) is 31.8 Å². The maximum absolute atomic E-state index is 6.19. The molecule has 1 aliphatic heterocycles. The van der Waals surface area contributed by atoms with Gasteiger partial charge >= 0.3 is 0 Å². The minimum Gasteiger partial charge on any atom is -0.381 e. The summed E-state index contributed by atoms with van der Waals surface area (Å²) >= 11 is 6.19. The van der Waals surface area contributed by atoms with Gasteiger partial charge in [-0.15, -0.1) is 0 Å². The van der Waals surface area contributed by atoms with Crippen LogP contribution in [0.1, 0.15) is 24.6 Å². The number of hydrogen-bond donors (Lipinski definition) is 1. The zero-order valence-electron chi connectivity index (χ0n) is 10.7. The predicted molar refractivity (Wildman–Crippen MR) is 68.2 cm³/mol. The summed E-state index contributed by atoms with van der Waals surface area (Å²) in [4.78, 5) is 0. The van der Waals surface area contributed by atoms with Crippen LogP contribution in [0.3, 0.4) is 0 Å². The van der Waals surface area contributed by atoms with Crippen molar-refractivity contribution >= 4 is 11.6 Å². The Morgan fingerprint density at radius 2 is 2.41 bits per heavy atom. The fraction of sp³-hybridized carbons (Fsp3) is 0.750. The van der Waals surface area contributed by atoms with Crippen LogP contribution in [0.4, 0.5) is 0 Å². The van der Waals surface area contributed by atoms with Crippen LogP contribution in [0.2, 0.25) is 5.15 Å². The molecule has 1 N–H and O–H groups in total. The molecule has 1 aromatic heterocycles. The monoisotopic (exact) mass is 257 g/mol. The van der Waals surface area contributed by atoms with Gasteiger partial charge in [-0.2, -0.15) is 5.10 Å². The van der Waals surface area contributed by atoms with Gasteiger partial charge in [-0.1, -0.05) is 11.6 Å². The quantitative estimate of drug-likeness (QED) is 0.896. The molecule has 1 aromatic rings. The SMILES string of the molecule is Cc1nn(C)c(Cl)c1CNC(C)C1CCOC1. The first-order chi connectivity index (χ1) is 8.09. The molecular formula is C12H20ClN3O. The Balaban J connectivity index is 1.92. The predicted octanol–water partition coefficient (Wildman–Crippen LogP) is 1.90. The van der Waals surface area contributed by atoms with E-state index in [1.807, 2.05) is 14.0 Å². The lowest BCUT2D eigenvalue weighted by atomic mass is 10.0. The van der Waals surface area contributed by atoms with E-state index in [2.05, 4.69) is 17.3 Å². The van der Waals surface area contributed by atoms with Crippen LogP contribution < -0.4 is 5.32 Å². The molecular weight excluding hydrogens is 238 g/mol. The molecule has 2 rings (SSSR count). The van der Waals surface area contributed by atoms with Crippen molar-refractivity contribution in [1.29, 1.82) is 0 Å². The van der Waals surface area contributed by atoms with Gasteiger partial charge in [0.25, 0.3) is 0 Å². The van der Waals surface area contributed by atoms with Crippen LogP contribution in [0.5, 0.6) is 0 Å². The molecule has 0 spiro atoms. The van der Waals surface area contributed by atoms with Gasteiger partial charge < -0.3 is 10.1 Å². The molecule has 2 atom stereocenters. The number of rotatable bonds is 4. The largest absolute Gasteiger partial charge is 0.381 e. The number of halogens is 1. The molecule has 17 heavy (non-hydrogen) atoms. The Kier molecular flexibility index (Phi) is 4.07. The average molecular weight is 258 g/mol. The smallest absolute Gasteiger partial charge is 0.131 e. The Morgan fingerprint density at radius 1 is 1.65 bits per heavy atom. The number of nitrogens with zero attached hydrogens (tertiary/aromatic N) is 2. The first-order valence-electron chi connectivity index (χ1n) is 6.08. The summed E-state index contributed by atoms with van der Waals surface area (Å²) in [5.41, 5.74) is 2.10. The Labute approximate surface area is 107 Å². The first-order valence-corrected chi connectivity index (χ1v) is 6.46. The van der Waals surface area contributed by atoms with E-state index < -0.39 is 0 Å². The van der Waals surface area contributed by atoms with Crippen LogP contribution in [0.25, 0.3) is 0 Å². The van der Waals surface area contributed by atoms with Crippen molar-refractivity contribution in [3.63, 3.8) is 0 Å². The van der Waals surface area contributed by atoms with Crippen molar-refractivity contribution in [2.75, 3.05) is 13.2 Å². The molecule has 96 valence electrons. The van der Waals surface area contributed by atoms with Crippen molar-refractivity contribution < 1.29 is 4.74 Å². The zero-order chi connectivity index (χ0) is 12.4. The standard InChI is InChI=1S/C12H20ClN3O/c1-8(10-4-5-17-7-10)14-6-11-9(2)15-16(3)12(11)13/h8,10,14H,4-7H2,1-3H3. The van der Waals surface area contributed by atoms with Crippen molar-refractivity contribution in [2.45, 2.75) is 32.9 Å². The van der Waals surface area contributed by atoms with E-state index in [1.54, 1.807) is 4.68 Å². The van der Waals surface area contributed by atoms with E-state index in [-0.39, 0.29) is 0 Å². The summed E-state index contributed by atoms with van der Waals surface area (Å²) in [5, 5.41) is 8.55. The maximum atomic E-state index is 6.19. The van der Waals surface area contributed by atoms with Crippen LogP contribution >= 0.6 is 11.6 Å². The Morgan fingerprint density at radius 3 is 2.94 bits per heavy atom. The lowest BCUT2D eigenvalue weighted by molar-refractivity contribution is 0.178. The third-order valence-electron chi connectivity index (χ3n) is 3.54. The molecule has 1 saturated heterocycles. The Hall–Kier alpha value is -0.580. The molecule has 4 nitrogen and oxygen atoms in total. The van der Waals surface area contributed by atoms with E-state index in [1.165, 1.54) is 0 Å². The van der Waals surface area contributed by atoms with Gasteiger partial charge in [-0.25, -0.2) is 0 Å². The van der Waals surface area contributed by atoms with E-state index in [9.17, 15) is 0 Å². The number of nitrogens with one attached hydrogen (secondary N) is 1. The summed E-state index contributed by atoms with van der Waals surface area (Å²) < 4.78 is 7.12. The highest BCUT2D eigenvalue weighted by molar-refractivity contribution is 6.30. The number of ether oxygens (including phenoxy) is 1. The molecule has 0 radical (unpaired) electrons. The normalized spacial score (nSPS) is 22.0. The number of aromatic nitrogens is 2. The summed E-state index contributed by atoms with van der Waals surface area (Å²) in [7, 11) is 1.87. The van der Waals surface area contributed by atoms with Gasteiger partial charge in [0.2, 0.25) is 0 Å². The van der Waals surface area contributed by atoms with Crippen LogP contribution in [-0.2, 0) is 18.3 Å². The topological polar surface area (TPSA) is 39.1 Å². The molecule has 0 amide bonds. The van der Waals surface area contributed by atoms with Gasteiger partial charge in [-0.3, -0.25) is 4.68 Å². The van der Waals surface area contributed by atoms with Crippen molar-refractivity contribution in [3.8, 4) is 0 Å². The third kappa shape index (κ3) is 2.81.